The molecule has 0 aliphatic carbocycles. The number of rotatable bonds is 6. The number of thiazole rings is 1. The van der Waals surface area contributed by atoms with Gasteiger partial charge in [-0.3, -0.25) is 10.2 Å². The lowest BCUT2D eigenvalue weighted by Crippen LogP contribution is -2.36. The van der Waals surface area contributed by atoms with Crippen LogP contribution in [-0.2, 0) is 4.79 Å². The van der Waals surface area contributed by atoms with Gasteiger partial charge in [0.15, 0.2) is 15.4 Å². The Morgan fingerprint density at radius 1 is 1.43 bits per heavy atom. The van der Waals surface area contributed by atoms with Crippen LogP contribution in [0.25, 0.3) is 6.08 Å². The molecule has 0 atom stereocenters. The van der Waals surface area contributed by atoms with E-state index in [9.17, 15) is 4.79 Å². The summed E-state index contributed by atoms with van der Waals surface area (Å²) >= 11 is 11.3. The lowest BCUT2D eigenvalue weighted by Gasteiger charge is -2.08. The molecule has 148 valence electrons. The van der Waals surface area contributed by atoms with Gasteiger partial charge in [-0.15, -0.1) is 0 Å². The predicted octanol–water partition coefficient (Wildman–Crippen LogP) is 2.76. The second-order valence-electron chi connectivity index (χ2n) is 5.85. The van der Waals surface area contributed by atoms with E-state index < -0.39 is 0 Å². The van der Waals surface area contributed by atoms with E-state index in [4.69, 9.17) is 34.6 Å². The van der Waals surface area contributed by atoms with Crippen LogP contribution in [0.4, 0.5) is 5.13 Å². The van der Waals surface area contributed by atoms with Crippen molar-refractivity contribution in [2.75, 3.05) is 5.32 Å². The first-order valence-electron chi connectivity index (χ1n) is 8.20. The zero-order valence-electron chi connectivity index (χ0n) is 15.5. The third-order valence-corrected chi connectivity index (χ3v) is 4.64. The summed E-state index contributed by atoms with van der Waals surface area (Å²) in [7, 11) is 0. The summed E-state index contributed by atoms with van der Waals surface area (Å²) in [6.45, 7) is 5.41. The number of aryl methyl sites for hydroxylation is 1. The van der Waals surface area contributed by atoms with E-state index in [0.29, 0.717) is 16.6 Å². The van der Waals surface area contributed by atoms with Gasteiger partial charge in [-0.2, -0.15) is 5.10 Å². The summed E-state index contributed by atoms with van der Waals surface area (Å²) in [5, 5.41) is 10.5. The number of hydrogen-bond acceptors (Lipinski definition) is 7. The van der Waals surface area contributed by atoms with Crippen molar-refractivity contribution in [2.24, 2.45) is 16.8 Å². The Bertz CT molecular complexity index is 915. The first kappa shape index (κ1) is 21.7. The van der Waals surface area contributed by atoms with Crippen LogP contribution in [0.1, 0.15) is 30.2 Å². The quantitative estimate of drug-likeness (QED) is 0.310. The standard InChI is InChI=1S/C17H20N6O2S3/c1-9(2)14(24)20-16(27)21-17-19-10(3)13(28-17)12(22-23-15(18)26)7-6-11-5-4-8-25-11/h4-9H,1-3H3,(H3,18,23,26)(H2,19,20,21,24,27)/b7-6+,22-12+. The number of thiocarbonyl (C=S) groups is 2. The minimum Gasteiger partial charge on any atom is -0.465 e. The first-order valence-corrected chi connectivity index (χ1v) is 9.84. The van der Waals surface area contributed by atoms with Crippen LogP contribution in [0.2, 0.25) is 0 Å². The molecule has 0 spiro atoms. The van der Waals surface area contributed by atoms with Gasteiger partial charge in [-0.25, -0.2) is 4.98 Å². The Hall–Kier alpha value is -2.63. The molecule has 0 bridgehead atoms. The molecule has 2 aromatic rings. The number of allylic oxidation sites excluding steroid dienone is 1. The van der Waals surface area contributed by atoms with Crippen LogP contribution in [-0.4, -0.2) is 26.8 Å². The molecule has 0 saturated carbocycles. The molecule has 0 unspecified atom stereocenters. The van der Waals surface area contributed by atoms with Crippen LogP contribution >= 0.6 is 35.8 Å². The maximum atomic E-state index is 11.7. The van der Waals surface area contributed by atoms with Crippen LogP contribution in [0.3, 0.4) is 0 Å². The molecule has 0 aliphatic rings. The minimum absolute atomic E-state index is 0.0435. The molecule has 2 rings (SSSR count). The predicted molar refractivity (Wildman–Crippen MR) is 120 cm³/mol. The fraction of sp³-hybridized carbons (Fsp3) is 0.235. The summed E-state index contributed by atoms with van der Waals surface area (Å²) in [5.74, 6) is 0.321. The molecule has 0 radical (unpaired) electrons. The van der Waals surface area contributed by atoms with Gasteiger partial charge in [0.1, 0.15) is 11.5 Å². The largest absolute Gasteiger partial charge is 0.465 e. The number of nitrogens with one attached hydrogen (secondary N) is 3. The van der Waals surface area contributed by atoms with Crippen LogP contribution < -0.4 is 21.8 Å². The van der Waals surface area contributed by atoms with E-state index in [1.165, 1.54) is 11.3 Å². The first-order chi connectivity index (χ1) is 13.3. The molecule has 0 fully saturated rings. The normalized spacial score (nSPS) is 11.6. The second kappa shape index (κ2) is 10.1. The smallest absolute Gasteiger partial charge is 0.228 e. The fourth-order valence-electron chi connectivity index (χ4n) is 1.90. The third kappa shape index (κ3) is 6.51. The molecule has 1 amide bonds. The zero-order chi connectivity index (χ0) is 20.7. The Labute approximate surface area is 177 Å². The summed E-state index contributed by atoms with van der Waals surface area (Å²) in [4.78, 5) is 17.0. The summed E-state index contributed by atoms with van der Waals surface area (Å²) in [6, 6.07) is 3.60. The van der Waals surface area contributed by atoms with Gasteiger partial charge in [-0.05, 0) is 55.6 Å². The number of anilines is 1. The average molecular weight is 437 g/mol. The van der Waals surface area contributed by atoms with E-state index in [2.05, 4.69) is 26.1 Å². The number of carbonyl (C=O) groups excluding carboxylic acids is 1. The minimum atomic E-state index is -0.176. The number of hydrazone groups is 1. The average Bonchev–Trinajstić information content (AvgIpc) is 3.24. The highest BCUT2D eigenvalue weighted by Gasteiger charge is 2.15. The molecule has 2 aromatic heterocycles. The lowest BCUT2D eigenvalue weighted by molar-refractivity contribution is -0.122. The number of nitrogens with two attached hydrogens (primary N) is 1. The monoisotopic (exact) mass is 436 g/mol. The summed E-state index contributed by atoms with van der Waals surface area (Å²) in [5.41, 5.74) is 9.34. The van der Waals surface area contributed by atoms with Crippen LogP contribution in [0.15, 0.2) is 34.0 Å². The number of carbonyl (C=O) groups is 1. The maximum absolute atomic E-state index is 11.7. The molecular weight excluding hydrogens is 416 g/mol. The van der Waals surface area contributed by atoms with E-state index in [0.717, 1.165) is 10.6 Å². The number of furan rings is 1. The van der Waals surface area contributed by atoms with Gasteiger partial charge >= 0.3 is 0 Å². The number of nitrogens with zero attached hydrogens (tertiary/aromatic N) is 2. The topological polar surface area (TPSA) is 118 Å². The highest BCUT2D eigenvalue weighted by Crippen LogP contribution is 2.24. The van der Waals surface area contributed by atoms with Crippen LogP contribution in [0.5, 0.6) is 0 Å². The van der Waals surface area contributed by atoms with Crippen molar-refractivity contribution in [3.05, 3.63) is 40.8 Å². The van der Waals surface area contributed by atoms with Gasteiger partial charge in [0, 0.05) is 5.92 Å². The van der Waals surface area contributed by atoms with Gasteiger partial charge in [0.25, 0.3) is 0 Å². The van der Waals surface area contributed by atoms with E-state index in [1.54, 1.807) is 38.3 Å². The Morgan fingerprint density at radius 3 is 2.79 bits per heavy atom. The molecule has 2 heterocycles. The molecule has 5 N–H and O–H groups in total. The molecule has 0 saturated heterocycles. The summed E-state index contributed by atoms with van der Waals surface area (Å²) < 4.78 is 5.30. The Kier molecular flexibility index (Phi) is 7.79. The third-order valence-electron chi connectivity index (χ3n) is 3.25. The second-order valence-corrected chi connectivity index (χ2v) is 7.70. The van der Waals surface area contributed by atoms with E-state index >= 15 is 0 Å². The van der Waals surface area contributed by atoms with E-state index in [1.807, 2.05) is 13.0 Å². The molecule has 28 heavy (non-hydrogen) atoms. The van der Waals surface area contributed by atoms with Gasteiger partial charge in [-0.1, -0.05) is 25.2 Å². The van der Waals surface area contributed by atoms with Crippen molar-refractivity contribution in [1.29, 1.82) is 0 Å². The van der Waals surface area contributed by atoms with Crippen molar-refractivity contribution in [3.63, 3.8) is 0 Å². The van der Waals surface area contributed by atoms with Crippen molar-refractivity contribution in [2.45, 2.75) is 20.8 Å². The number of hydrogen-bond donors (Lipinski definition) is 4. The maximum Gasteiger partial charge on any atom is 0.228 e. The van der Waals surface area contributed by atoms with Crippen molar-refractivity contribution < 1.29 is 9.21 Å². The van der Waals surface area contributed by atoms with Crippen molar-refractivity contribution in [1.82, 2.24) is 15.7 Å². The SMILES string of the molecule is Cc1nc(NC(=S)NC(=O)C(C)C)sc1C(/C=C/c1ccco1)=N/NC(N)=S. The zero-order valence-corrected chi connectivity index (χ0v) is 17.9. The van der Waals surface area contributed by atoms with E-state index in [-0.39, 0.29) is 22.0 Å². The highest BCUT2D eigenvalue weighted by molar-refractivity contribution is 7.80. The highest BCUT2D eigenvalue weighted by atomic mass is 32.1. The Balaban J connectivity index is 2.21. The van der Waals surface area contributed by atoms with Gasteiger partial charge < -0.3 is 20.8 Å². The van der Waals surface area contributed by atoms with Crippen LogP contribution in [0, 0.1) is 12.8 Å². The summed E-state index contributed by atoms with van der Waals surface area (Å²) in [6.07, 6.45) is 5.10. The Morgan fingerprint density at radius 2 is 2.18 bits per heavy atom. The molecule has 0 aliphatic heterocycles. The van der Waals surface area contributed by atoms with Crippen molar-refractivity contribution in [3.8, 4) is 0 Å². The van der Waals surface area contributed by atoms with Gasteiger partial charge in [0.2, 0.25) is 5.91 Å². The number of amides is 1. The lowest BCUT2D eigenvalue weighted by atomic mass is 10.2. The molecule has 11 heteroatoms. The molecule has 0 aromatic carbocycles. The number of aromatic nitrogens is 1. The van der Waals surface area contributed by atoms with Gasteiger partial charge in [0.05, 0.1) is 16.8 Å². The molecular formula is C17H20N6O2S3. The fourth-order valence-corrected chi connectivity index (χ4v) is 3.15. The van der Waals surface area contributed by atoms with Crippen molar-refractivity contribution >= 4 is 68.8 Å². The molecule has 8 nitrogen and oxygen atoms in total.